The zero-order valence-electron chi connectivity index (χ0n) is 9.44. The van der Waals surface area contributed by atoms with E-state index < -0.39 is 0 Å². The second kappa shape index (κ2) is 8.13. The van der Waals surface area contributed by atoms with Gasteiger partial charge in [0.1, 0.15) is 0 Å². The molecule has 0 spiro atoms. The van der Waals surface area contributed by atoms with Gasteiger partial charge in [-0.3, -0.25) is 0 Å². The Morgan fingerprint density at radius 3 is 2.33 bits per heavy atom. The molecule has 0 aliphatic carbocycles. The van der Waals surface area contributed by atoms with Gasteiger partial charge in [0.05, 0.1) is 25.8 Å². The summed E-state index contributed by atoms with van der Waals surface area (Å²) in [5.74, 6) is 0. The molecule has 1 heterocycles. The van der Waals surface area contributed by atoms with E-state index in [1.165, 1.54) is 49.2 Å². The first-order valence-electron chi connectivity index (χ1n) is 5.06. The number of ether oxygens (including phenoxy) is 1. The predicted molar refractivity (Wildman–Crippen MR) is 58.1 cm³/mol. The Kier molecular flexibility index (Phi) is 7.47. The van der Waals surface area contributed by atoms with Gasteiger partial charge in [-0.05, 0) is 6.92 Å². The minimum absolute atomic E-state index is 0.913. The van der Waals surface area contributed by atoms with Crippen LogP contribution in [-0.2, 0) is 4.74 Å². The maximum atomic E-state index is 7.43. The molecule has 0 unspecified atom stereocenters. The number of rotatable bonds is 3. The third kappa shape index (κ3) is 5.28. The van der Waals surface area contributed by atoms with Crippen LogP contribution in [-0.4, -0.2) is 44.0 Å². The molecule has 0 N–H and O–H groups in total. The number of methoxy groups -OCH3 is 1. The van der Waals surface area contributed by atoms with Crippen molar-refractivity contribution in [2.75, 3.05) is 33.5 Å². The van der Waals surface area contributed by atoms with E-state index in [9.17, 15) is 0 Å². The second-order valence-corrected chi connectivity index (χ2v) is 3.54. The average Bonchev–Trinajstić information content (AvgIpc) is 2.70. The normalized spacial score (nSPS) is 16.9. The largest absolute Gasteiger partial charge is 0.422 e. The van der Waals surface area contributed by atoms with Crippen molar-refractivity contribution < 1.29 is 9.22 Å². The number of aliphatic imine (C=N–C) groups is 1. The summed E-state index contributed by atoms with van der Waals surface area (Å²) in [4.78, 5) is 2.58. The highest BCUT2D eigenvalue weighted by Crippen LogP contribution is 2.18. The summed E-state index contributed by atoms with van der Waals surface area (Å²) in [6, 6.07) is 1.28. The Morgan fingerprint density at radius 2 is 2.07 bits per heavy atom. The van der Waals surface area contributed by atoms with E-state index >= 15 is 0 Å². The molecule has 0 radical (unpaired) electrons. The molecule has 0 saturated carbocycles. The summed E-state index contributed by atoms with van der Waals surface area (Å²) in [6.07, 6.45) is 4.05. The molecule has 0 aromatic heterocycles. The highest BCUT2D eigenvalue weighted by atomic mass is 16.5. The molecule has 1 rings (SSSR count). The van der Waals surface area contributed by atoms with Crippen LogP contribution in [0.2, 0.25) is 0 Å². The molecule has 1 aliphatic heterocycles. The van der Waals surface area contributed by atoms with Crippen LogP contribution < -0.4 is 0 Å². The third-order valence-electron chi connectivity index (χ3n) is 2.69. The highest BCUT2D eigenvalue weighted by molar-refractivity contribution is 5.46. The summed E-state index contributed by atoms with van der Waals surface area (Å²) in [7, 11) is 1.80. The SMILES string of the molecule is CC[N+]1(COC)CCCC1.N#CN=C=[N-]. The Bertz CT molecular complexity index is 247. The summed E-state index contributed by atoms with van der Waals surface area (Å²) >= 11 is 0. The fraction of sp³-hybridized carbons (Fsp3) is 0.800. The number of quaternary nitrogens is 1. The first-order chi connectivity index (χ1) is 7.24. The van der Waals surface area contributed by atoms with Crippen LogP contribution >= 0.6 is 0 Å². The molecule has 0 atom stereocenters. The Balaban J connectivity index is 0.000000336. The molecule has 15 heavy (non-hydrogen) atoms. The minimum atomic E-state index is 0.913. The molecular formula is C10H18N4O. The molecule has 1 saturated heterocycles. The number of likely N-dealkylation sites (tertiary alicyclic amines) is 1. The number of hydrogen-bond acceptors (Lipinski definition) is 3. The topological polar surface area (TPSA) is 67.7 Å². The lowest BCUT2D eigenvalue weighted by Gasteiger charge is -2.31. The molecule has 84 valence electrons. The van der Waals surface area contributed by atoms with E-state index in [0.717, 1.165) is 6.73 Å². The molecule has 0 aromatic carbocycles. The van der Waals surface area contributed by atoms with Crippen molar-refractivity contribution in [3.63, 3.8) is 0 Å². The lowest BCUT2D eigenvalue weighted by Crippen LogP contribution is -2.46. The van der Waals surface area contributed by atoms with Crippen LogP contribution in [0.25, 0.3) is 5.41 Å². The van der Waals surface area contributed by atoms with Crippen LogP contribution in [0.3, 0.4) is 0 Å². The standard InChI is InChI=1S/C8H18NO.C2N3/c1-3-9(8-10-2)6-4-5-7-9;3-1-5-2-4/h3-8H2,1-2H3;/q+1;-1. The van der Waals surface area contributed by atoms with E-state index in [4.69, 9.17) is 15.4 Å². The molecule has 0 aromatic rings. The van der Waals surface area contributed by atoms with Crippen LogP contribution in [0, 0.1) is 11.5 Å². The molecule has 0 bridgehead atoms. The maximum absolute atomic E-state index is 7.43. The van der Waals surface area contributed by atoms with Gasteiger partial charge < -0.3 is 19.6 Å². The van der Waals surface area contributed by atoms with Gasteiger partial charge in [-0.15, -0.1) is 6.01 Å². The van der Waals surface area contributed by atoms with Crippen molar-refractivity contribution >= 4 is 6.01 Å². The molecular weight excluding hydrogens is 192 g/mol. The smallest absolute Gasteiger partial charge is 0.182 e. The quantitative estimate of drug-likeness (QED) is 0.402. The zero-order chi connectivity index (χ0) is 11.6. The molecule has 0 amide bonds. The Morgan fingerprint density at radius 1 is 1.47 bits per heavy atom. The monoisotopic (exact) mass is 210 g/mol. The summed E-state index contributed by atoms with van der Waals surface area (Å²) in [5, 5.41) is 14.9. The summed E-state index contributed by atoms with van der Waals surface area (Å²) in [6.45, 7) is 7.04. The number of nitrogens with zero attached hydrogens (tertiary/aromatic N) is 4. The van der Waals surface area contributed by atoms with Gasteiger partial charge in [0.2, 0.25) is 0 Å². The lowest BCUT2D eigenvalue weighted by atomic mass is 10.4. The van der Waals surface area contributed by atoms with Gasteiger partial charge in [0, 0.05) is 20.0 Å². The average molecular weight is 210 g/mol. The molecule has 1 fully saturated rings. The van der Waals surface area contributed by atoms with Crippen LogP contribution in [0.1, 0.15) is 19.8 Å². The van der Waals surface area contributed by atoms with E-state index in [1.54, 1.807) is 7.11 Å². The number of hydrogen-bond donors (Lipinski definition) is 0. The van der Waals surface area contributed by atoms with Crippen molar-refractivity contribution in [3.05, 3.63) is 5.41 Å². The number of nitriles is 1. The van der Waals surface area contributed by atoms with Gasteiger partial charge >= 0.3 is 0 Å². The first-order valence-corrected chi connectivity index (χ1v) is 5.06. The van der Waals surface area contributed by atoms with Gasteiger partial charge in [-0.25, -0.2) is 0 Å². The van der Waals surface area contributed by atoms with Crippen molar-refractivity contribution in [1.82, 2.24) is 0 Å². The fourth-order valence-electron chi connectivity index (χ4n) is 1.84. The zero-order valence-corrected chi connectivity index (χ0v) is 9.44. The maximum Gasteiger partial charge on any atom is 0.182 e. The van der Waals surface area contributed by atoms with Crippen LogP contribution in [0.15, 0.2) is 4.99 Å². The highest BCUT2D eigenvalue weighted by Gasteiger charge is 2.29. The van der Waals surface area contributed by atoms with E-state index in [0.29, 0.717) is 0 Å². The van der Waals surface area contributed by atoms with Gasteiger partial charge in [-0.2, -0.15) is 5.26 Å². The summed E-state index contributed by atoms with van der Waals surface area (Å²) < 4.78 is 6.38. The van der Waals surface area contributed by atoms with Gasteiger partial charge in [-0.1, -0.05) is 0 Å². The van der Waals surface area contributed by atoms with Crippen molar-refractivity contribution in [2.45, 2.75) is 19.8 Å². The molecule has 5 nitrogen and oxygen atoms in total. The van der Waals surface area contributed by atoms with E-state index in [1.807, 2.05) is 0 Å². The minimum Gasteiger partial charge on any atom is -0.422 e. The van der Waals surface area contributed by atoms with E-state index in [-0.39, 0.29) is 0 Å². The van der Waals surface area contributed by atoms with Crippen LogP contribution in [0.4, 0.5) is 0 Å². The fourth-order valence-corrected chi connectivity index (χ4v) is 1.84. The van der Waals surface area contributed by atoms with Crippen LogP contribution in [0.5, 0.6) is 0 Å². The summed E-state index contributed by atoms with van der Waals surface area (Å²) in [5.41, 5.74) is 0. The van der Waals surface area contributed by atoms with Gasteiger partial charge in [0.25, 0.3) is 0 Å². The Hall–Kier alpha value is -1.21. The van der Waals surface area contributed by atoms with Crippen molar-refractivity contribution in [1.29, 1.82) is 5.26 Å². The first kappa shape index (κ1) is 13.8. The third-order valence-corrected chi connectivity index (χ3v) is 2.69. The predicted octanol–water partition coefficient (Wildman–Crippen LogP) is 1.43. The Labute approximate surface area is 91.1 Å². The second-order valence-electron chi connectivity index (χ2n) is 3.54. The van der Waals surface area contributed by atoms with E-state index in [2.05, 4.69) is 11.9 Å². The van der Waals surface area contributed by atoms with Crippen molar-refractivity contribution in [2.24, 2.45) is 4.99 Å². The van der Waals surface area contributed by atoms with Gasteiger partial charge in [0.15, 0.2) is 6.73 Å². The molecule has 1 aliphatic rings. The lowest BCUT2D eigenvalue weighted by molar-refractivity contribution is -0.932. The van der Waals surface area contributed by atoms with Crippen molar-refractivity contribution in [3.8, 4) is 6.19 Å². The molecule has 5 heteroatoms.